The third kappa shape index (κ3) is 3.70. The van der Waals surface area contributed by atoms with Crippen LogP contribution in [0.2, 0.25) is 0 Å². The van der Waals surface area contributed by atoms with Crippen LogP contribution in [-0.2, 0) is 9.59 Å². The average Bonchev–Trinajstić information content (AvgIpc) is 2.73. The molecular formula is C12H21NO4. The van der Waals surface area contributed by atoms with Gasteiger partial charge in [-0.25, -0.2) is 0 Å². The zero-order valence-corrected chi connectivity index (χ0v) is 10.3. The third-order valence-electron chi connectivity index (χ3n) is 3.42. The zero-order valence-electron chi connectivity index (χ0n) is 10.3. The summed E-state index contributed by atoms with van der Waals surface area (Å²) in [5.74, 6) is -2.06. The minimum absolute atomic E-state index is 0.0779. The number of aliphatic hydroxyl groups is 1. The first-order valence-corrected chi connectivity index (χ1v) is 6.12. The Kier molecular flexibility index (Phi) is 4.93. The quantitative estimate of drug-likeness (QED) is 0.660. The number of aliphatic carboxylic acids is 1. The van der Waals surface area contributed by atoms with E-state index >= 15 is 0 Å². The normalized spacial score (nSPS) is 25.9. The van der Waals surface area contributed by atoms with Gasteiger partial charge in [0.05, 0.1) is 17.9 Å². The molecule has 0 saturated heterocycles. The number of aliphatic hydroxyl groups excluding tert-OH is 1. The largest absolute Gasteiger partial charge is 0.481 e. The topological polar surface area (TPSA) is 86.6 Å². The molecule has 0 aliphatic heterocycles. The lowest BCUT2D eigenvalue weighted by Crippen LogP contribution is -2.40. The predicted octanol–water partition coefficient (Wildman–Crippen LogP) is 0.620. The van der Waals surface area contributed by atoms with Gasteiger partial charge in [-0.05, 0) is 18.8 Å². The van der Waals surface area contributed by atoms with Crippen molar-refractivity contribution in [1.82, 2.24) is 5.32 Å². The van der Waals surface area contributed by atoms with E-state index in [1.807, 2.05) is 13.8 Å². The molecular weight excluding hydrogens is 222 g/mol. The van der Waals surface area contributed by atoms with E-state index in [-0.39, 0.29) is 18.4 Å². The number of nitrogens with one attached hydrogen (secondary N) is 1. The van der Waals surface area contributed by atoms with Crippen LogP contribution in [0.25, 0.3) is 0 Å². The van der Waals surface area contributed by atoms with Gasteiger partial charge in [-0.2, -0.15) is 0 Å². The van der Waals surface area contributed by atoms with Crippen molar-refractivity contribution in [3.05, 3.63) is 0 Å². The molecule has 5 heteroatoms. The van der Waals surface area contributed by atoms with Crippen molar-refractivity contribution >= 4 is 11.9 Å². The van der Waals surface area contributed by atoms with Crippen molar-refractivity contribution < 1.29 is 19.8 Å². The monoisotopic (exact) mass is 243 g/mol. The van der Waals surface area contributed by atoms with Gasteiger partial charge in [0, 0.05) is 6.54 Å². The van der Waals surface area contributed by atoms with E-state index in [1.165, 1.54) is 0 Å². The molecule has 0 aromatic carbocycles. The van der Waals surface area contributed by atoms with Crippen molar-refractivity contribution in [1.29, 1.82) is 0 Å². The lowest BCUT2D eigenvalue weighted by Gasteiger charge is -2.19. The molecule has 0 heterocycles. The maximum Gasteiger partial charge on any atom is 0.307 e. The number of hydrogen-bond donors (Lipinski definition) is 3. The van der Waals surface area contributed by atoms with Gasteiger partial charge in [0.25, 0.3) is 0 Å². The van der Waals surface area contributed by atoms with E-state index in [0.717, 1.165) is 6.42 Å². The molecule has 1 rings (SSSR count). The second kappa shape index (κ2) is 6.00. The Morgan fingerprint density at radius 3 is 2.41 bits per heavy atom. The summed E-state index contributed by atoms with van der Waals surface area (Å²) in [7, 11) is 0. The van der Waals surface area contributed by atoms with Crippen LogP contribution in [0, 0.1) is 17.8 Å². The number of carbonyl (C=O) groups is 2. The Bertz CT molecular complexity index is 290. The van der Waals surface area contributed by atoms with Crippen LogP contribution in [0.4, 0.5) is 0 Å². The van der Waals surface area contributed by atoms with Crippen LogP contribution in [0.1, 0.15) is 33.1 Å². The molecule has 5 nitrogen and oxygen atoms in total. The van der Waals surface area contributed by atoms with Crippen molar-refractivity contribution in [2.75, 3.05) is 6.54 Å². The van der Waals surface area contributed by atoms with E-state index in [1.54, 1.807) is 0 Å². The Balaban J connectivity index is 2.44. The van der Waals surface area contributed by atoms with Gasteiger partial charge in [0.2, 0.25) is 5.91 Å². The van der Waals surface area contributed by atoms with E-state index in [9.17, 15) is 14.7 Å². The van der Waals surface area contributed by atoms with Crippen LogP contribution in [0.5, 0.6) is 0 Å². The van der Waals surface area contributed by atoms with Crippen LogP contribution < -0.4 is 5.32 Å². The molecule has 0 bridgehead atoms. The van der Waals surface area contributed by atoms with Crippen LogP contribution >= 0.6 is 0 Å². The molecule has 0 aromatic rings. The van der Waals surface area contributed by atoms with Crippen LogP contribution in [-0.4, -0.2) is 34.7 Å². The summed E-state index contributed by atoms with van der Waals surface area (Å²) in [6, 6.07) is 0. The second-order valence-electron chi connectivity index (χ2n) is 5.04. The number of amides is 1. The van der Waals surface area contributed by atoms with E-state index in [2.05, 4.69) is 5.32 Å². The fourth-order valence-corrected chi connectivity index (χ4v) is 2.14. The minimum atomic E-state index is -0.896. The van der Waals surface area contributed by atoms with Crippen LogP contribution in [0.15, 0.2) is 0 Å². The van der Waals surface area contributed by atoms with Crippen molar-refractivity contribution in [3.63, 3.8) is 0 Å². The van der Waals surface area contributed by atoms with Gasteiger partial charge in [-0.15, -0.1) is 0 Å². The predicted molar refractivity (Wildman–Crippen MR) is 62.3 cm³/mol. The Morgan fingerprint density at radius 2 is 1.88 bits per heavy atom. The third-order valence-corrected chi connectivity index (χ3v) is 3.42. The van der Waals surface area contributed by atoms with Gasteiger partial charge in [0.1, 0.15) is 0 Å². The number of carboxylic acids is 1. The molecule has 0 aromatic heterocycles. The summed E-state index contributed by atoms with van der Waals surface area (Å²) >= 11 is 0. The standard InChI is InChI=1S/C12H21NO4/c1-7(2)10(14)6-13-11(15)8-4-3-5-9(8)12(16)17/h7-10,14H,3-6H2,1-2H3,(H,13,15)(H,16,17). The van der Waals surface area contributed by atoms with E-state index in [0.29, 0.717) is 12.8 Å². The summed E-state index contributed by atoms with van der Waals surface area (Å²) in [6.45, 7) is 3.93. The van der Waals surface area contributed by atoms with Gasteiger partial charge >= 0.3 is 5.97 Å². The smallest absolute Gasteiger partial charge is 0.307 e. The summed E-state index contributed by atoms with van der Waals surface area (Å²) in [5.41, 5.74) is 0. The molecule has 1 fully saturated rings. The SMILES string of the molecule is CC(C)C(O)CNC(=O)C1CCCC1C(=O)O. The maximum atomic E-state index is 11.8. The number of carboxylic acid groups (broad SMARTS) is 1. The zero-order chi connectivity index (χ0) is 13.0. The van der Waals surface area contributed by atoms with E-state index < -0.39 is 23.9 Å². The molecule has 3 atom stereocenters. The van der Waals surface area contributed by atoms with Crippen molar-refractivity contribution in [3.8, 4) is 0 Å². The molecule has 3 unspecified atom stereocenters. The van der Waals surface area contributed by atoms with Gasteiger partial charge in [0.15, 0.2) is 0 Å². The molecule has 1 aliphatic carbocycles. The molecule has 1 aliphatic rings. The molecule has 17 heavy (non-hydrogen) atoms. The molecule has 3 N–H and O–H groups in total. The lowest BCUT2D eigenvalue weighted by molar-refractivity contribution is -0.146. The first-order valence-electron chi connectivity index (χ1n) is 6.12. The Morgan fingerprint density at radius 1 is 1.29 bits per heavy atom. The van der Waals surface area contributed by atoms with Gasteiger partial charge in [-0.1, -0.05) is 20.3 Å². The molecule has 0 radical (unpaired) electrons. The van der Waals surface area contributed by atoms with Crippen molar-refractivity contribution in [2.45, 2.75) is 39.2 Å². The van der Waals surface area contributed by atoms with Gasteiger partial charge in [-0.3, -0.25) is 9.59 Å². The van der Waals surface area contributed by atoms with Crippen LogP contribution in [0.3, 0.4) is 0 Å². The highest BCUT2D eigenvalue weighted by molar-refractivity contribution is 5.85. The number of hydrogen-bond acceptors (Lipinski definition) is 3. The first kappa shape index (κ1) is 14.0. The summed E-state index contributed by atoms with van der Waals surface area (Å²) in [4.78, 5) is 22.7. The van der Waals surface area contributed by atoms with E-state index in [4.69, 9.17) is 5.11 Å². The number of carbonyl (C=O) groups excluding carboxylic acids is 1. The highest BCUT2D eigenvalue weighted by Crippen LogP contribution is 2.31. The summed E-state index contributed by atoms with van der Waals surface area (Å²) < 4.78 is 0. The fourth-order valence-electron chi connectivity index (χ4n) is 2.14. The number of rotatable bonds is 5. The molecule has 0 spiro atoms. The maximum absolute atomic E-state index is 11.8. The average molecular weight is 243 g/mol. The van der Waals surface area contributed by atoms with Crippen molar-refractivity contribution in [2.24, 2.45) is 17.8 Å². The highest BCUT2D eigenvalue weighted by atomic mass is 16.4. The molecule has 1 amide bonds. The summed E-state index contributed by atoms with van der Waals surface area (Å²) in [5, 5.41) is 21.2. The molecule has 98 valence electrons. The Labute approximate surface area is 101 Å². The Hall–Kier alpha value is -1.10. The first-order chi connectivity index (χ1) is 7.93. The highest BCUT2D eigenvalue weighted by Gasteiger charge is 2.37. The minimum Gasteiger partial charge on any atom is -0.481 e. The fraction of sp³-hybridized carbons (Fsp3) is 0.833. The second-order valence-corrected chi connectivity index (χ2v) is 5.04. The molecule has 1 saturated carbocycles. The van der Waals surface area contributed by atoms with Gasteiger partial charge < -0.3 is 15.5 Å². The summed E-state index contributed by atoms with van der Waals surface area (Å²) in [6.07, 6.45) is 1.39. The lowest BCUT2D eigenvalue weighted by atomic mass is 9.95.